The van der Waals surface area contributed by atoms with Crippen molar-refractivity contribution in [1.82, 2.24) is 0 Å². The second-order valence-electron chi connectivity index (χ2n) is 4.99. The van der Waals surface area contributed by atoms with E-state index in [4.69, 9.17) is 5.73 Å². The van der Waals surface area contributed by atoms with Crippen LogP contribution in [-0.4, -0.2) is 17.5 Å². The van der Waals surface area contributed by atoms with Crippen LogP contribution in [-0.2, 0) is 6.42 Å². The normalized spacial score (nSPS) is 18.8. The van der Waals surface area contributed by atoms with E-state index in [0.29, 0.717) is 6.42 Å². The number of nitrogens with two attached hydrogens (primary N) is 1. The fourth-order valence-corrected chi connectivity index (χ4v) is 4.00. The molecule has 1 aliphatic heterocycles. The zero-order chi connectivity index (χ0) is 13.0. The number of halogens is 2. The lowest BCUT2D eigenvalue weighted by Crippen LogP contribution is -2.28. The third kappa shape index (κ3) is 4.25. The highest BCUT2D eigenvalue weighted by Crippen LogP contribution is 2.27. The lowest BCUT2D eigenvalue weighted by atomic mass is 9.91. The molecule has 1 saturated heterocycles. The molecule has 2 rings (SSSR count). The van der Waals surface area contributed by atoms with E-state index in [1.807, 2.05) is 23.9 Å². The molecule has 100 valence electrons. The standard InChI is InChI=1S/C14H19BrFNS/c15-12-2-1-11(14(16)9-12)8-13(17)7-10-3-5-18-6-4-10/h1-2,9-10,13H,3-8,17H2. The quantitative estimate of drug-likeness (QED) is 0.902. The molecule has 18 heavy (non-hydrogen) atoms. The van der Waals surface area contributed by atoms with E-state index in [1.54, 1.807) is 0 Å². The smallest absolute Gasteiger partial charge is 0.127 e. The molecule has 0 aliphatic carbocycles. The lowest BCUT2D eigenvalue weighted by Gasteiger charge is -2.24. The average molecular weight is 332 g/mol. The van der Waals surface area contributed by atoms with Crippen molar-refractivity contribution < 1.29 is 4.39 Å². The molecule has 0 bridgehead atoms. The van der Waals surface area contributed by atoms with Crippen molar-refractivity contribution in [2.75, 3.05) is 11.5 Å². The van der Waals surface area contributed by atoms with Crippen LogP contribution in [0, 0.1) is 11.7 Å². The molecule has 1 atom stereocenters. The van der Waals surface area contributed by atoms with E-state index in [0.717, 1.165) is 22.4 Å². The molecule has 0 spiro atoms. The third-order valence-electron chi connectivity index (χ3n) is 3.47. The fraction of sp³-hybridized carbons (Fsp3) is 0.571. The van der Waals surface area contributed by atoms with Crippen LogP contribution in [0.25, 0.3) is 0 Å². The molecule has 1 heterocycles. The maximum Gasteiger partial charge on any atom is 0.127 e. The number of rotatable bonds is 4. The van der Waals surface area contributed by atoms with Gasteiger partial charge in [-0.3, -0.25) is 0 Å². The van der Waals surface area contributed by atoms with Crippen molar-refractivity contribution in [3.63, 3.8) is 0 Å². The Balaban J connectivity index is 1.87. The highest BCUT2D eigenvalue weighted by molar-refractivity contribution is 9.10. The summed E-state index contributed by atoms with van der Waals surface area (Å²) in [6.07, 6.45) is 4.20. The van der Waals surface area contributed by atoms with E-state index in [2.05, 4.69) is 15.9 Å². The summed E-state index contributed by atoms with van der Waals surface area (Å²) < 4.78 is 14.5. The van der Waals surface area contributed by atoms with Gasteiger partial charge in [0.1, 0.15) is 5.82 Å². The molecule has 1 fully saturated rings. The molecule has 0 radical (unpaired) electrons. The Hall–Kier alpha value is -0.0600. The van der Waals surface area contributed by atoms with Gasteiger partial charge in [0.05, 0.1) is 0 Å². The number of hydrogen-bond acceptors (Lipinski definition) is 2. The van der Waals surface area contributed by atoms with Crippen LogP contribution >= 0.6 is 27.7 Å². The Labute approximate surface area is 121 Å². The van der Waals surface area contributed by atoms with Crippen molar-refractivity contribution in [2.45, 2.75) is 31.7 Å². The van der Waals surface area contributed by atoms with Gasteiger partial charge in [0.15, 0.2) is 0 Å². The van der Waals surface area contributed by atoms with Crippen molar-refractivity contribution in [1.29, 1.82) is 0 Å². The molecule has 1 aliphatic rings. The summed E-state index contributed by atoms with van der Waals surface area (Å²) in [5.74, 6) is 3.09. The van der Waals surface area contributed by atoms with E-state index in [-0.39, 0.29) is 11.9 Å². The van der Waals surface area contributed by atoms with E-state index in [1.165, 1.54) is 30.4 Å². The molecule has 0 amide bonds. The number of benzene rings is 1. The minimum Gasteiger partial charge on any atom is -0.327 e. The first-order chi connectivity index (χ1) is 8.65. The zero-order valence-corrected chi connectivity index (χ0v) is 12.8. The van der Waals surface area contributed by atoms with Gasteiger partial charge in [-0.15, -0.1) is 0 Å². The van der Waals surface area contributed by atoms with Gasteiger partial charge < -0.3 is 5.73 Å². The molecular formula is C14H19BrFNS. The third-order valence-corrected chi connectivity index (χ3v) is 5.02. The predicted octanol–water partition coefficient (Wildman–Crippen LogP) is 3.99. The van der Waals surface area contributed by atoms with Crippen molar-refractivity contribution in [3.8, 4) is 0 Å². The van der Waals surface area contributed by atoms with Gasteiger partial charge in [-0.1, -0.05) is 22.0 Å². The second kappa shape index (κ2) is 6.92. The average Bonchev–Trinajstić information content (AvgIpc) is 2.34. The number of thioether (sulfide) groups is 1. The summed E-state index contributed by atoms with van der Waals surface area (Å²) in [5, 5.41) is 0. The topological polar surface area (TPSA) is 26.0 Å². The van der Waals surface area contributed by atoms with Gasteiger partial charge in [0.25, 0.3) is 0 Å². The van der Waals surface area contributed by atoms with Crippen LogP contribution in [0.3, 0.4) is 0 Å². The summed E-state index contributed by atoms with van der Waals surface area (Å²) in [5.41, 5.74) is 6.89. The molecule has 1 aromatic rings. The van der Waals surface area contributed by atoms with Crippen molar-refractivity contribution in [3.05, 3.63) is 34.1 Å². The fourth-order valence-electron chi connectivity index (χ4n) is 2.46. The largest absolute Gasteiger partial charge is 0.327 e. The molecule has 1 aromatic carbocycles. The summed E-state index contributed by atoms with van der Waals surface area (Å²) in [4.78, 5) is 0. The molecule has 2 N–H and O–H groups in total. The summed E-state index contributed by atoms with van der Waals surface area (Å²) in [7, 11) is 0. The van der Waals surface area contributed by atoms with Gasteiger partial charge in [-0.2, -0.15) is 11.8 Å². The highest BCUT2D eigenvalue weighted by atomic mass is 79.9. The molecular weight excluding hydrogens is 313 g/mol. The first-order valence-corrected chi connectivity index (χ1v) is 8.37. The SMILES string of the molecule is NC(Cc1ccc(Br)cc1F)CC1CCSCC1. The predicted molar refractivity (Wildman–Crippen MR) is 80.4 cm³/mol. The maximum absolute atomic E-state index is 13.7. The van der Waals surface area contributed by atoms with Gasteiger partial charge in [-0.05, 0) is 60.8 Å². The highest BCUT2D eigenvalue weighted by Gasteiger charge is 2.18. The Morgan fingerprint density at radius 1 is 1.39 bits per heavy atom. The molecule has 0 saturated carbocycles. The van der Waals surface area contributed by atoms with Crippen molar-refractivity contribution in [2.24, 2.45) is 11.7 Å². The molecule has 4 heteroatoms. The van der Waals surface area contributed by atoms with Crippen molar-refractivity contribution >= 4 is 27.7 Å². The maximum atomic E-state index is 13.7. The Kier molecular flexibility index (Phi) is 5.52. The van der Waals surface area contributed by atoms with Crippen LogP contribution in [0.2, 0.25) is 0 Å². The Morgan fingerprint density at radius 2 is 2.11 bits per heavy atom. The summed E-state index contributed by atoms with van der Waals surface area (Å²) in [6.45, 7) is 0. The van der Waals surface area contributed by atoms with Gasteiger partial charge >= 0.3 is 0 Å². The van der Waals surface area contributed by atoms with E-state index < -0.39 is 0 Å². The van der Waals surface area contributed by atoms with Gasteiger partial charge in [0.2, 0.25) is 0 Å². The van der Waals surface area contributed by atoms with Crippen LogP contribution < -0.4 is 5.73 Å². The monoisotopic (exact) mass is 331 g/mol. The Morgan fingerprint density at radius 3 is 2.78 bits per heavy atom. The zero-order valence-electron chi connectivity index (χ0n) is 10.4. The van der Waals surface area contributed by atoms with Crippen LogP contribution in [0.4, 0.5) is 4.39 Å². The van der Waals surface area contributed by atoms with E-state index in [9.17, 15) is 4.39 Å². The van der Waals surface area contributed by atoms with E-state index >= 15 is 0 Å². The van der Waals surface area contributed by atoms with Crippen LogP contribution in [0.5, 0.6) is 0 Å². The Bertz CT molecular complexity index is 393. The lowest BCUT2D eigenvalue weighted by molar-refractivity contribution is 0.403. The first kappa shape index (κ1) is 14.4. The summed E-state index contributed by atoms with van der Waals surface area (Å²) >= 11 is 5.30. The molecule has 1 unspecified atom stereocenters. The summed E-state index contributed by atoms with van der Waals surface area (Å²) in [6, 6.07) is 5.30. The molecule has 1 nitrogen and oxygen atoms in total. The second-order valence-corrected chi connectivity index (χ2v) is 7.13. The van der Waals surface area contributed by atoms with Crippen LogP contribution in [0.15, 0.2) is 22.7 Å². The molecule has 0 aromatic heterocycles. The minimum atomic E-state index is -0.154. The minimum absolute atomic E-state index is 0.0776. The van der Waals surface area contributed by atoms with Gasteiger partial charge in [0, 0.05) is 10.5 Å². The number of hydrogen-bond donors (Lipinski definition) is 1. The van der Waals surface area contributed by atoms with Crippen LogP contribution in [0.1, 0.15) is 24.8 Å². The first-order valence-electron chi connectivity index (χ1n) is 6.42. The van der Waals surface area contributed by atoms with Gasteiger partial charge in [-0.25, -0.2) is 4.39 Å².